The second-order valence-corrected chi connectivity index (χ2v) is 13.8. The molecule has 0 fully saturated rings. The summed E-state index contributed by atoms with van der Waals surface area (Å²) in [5.74, 6) is 1.93. The minimum atomic E-state index is -0.590. The number of fused-ring (bicyclic) bond motifs is 2. The van der Waals surface area contributed by atoms with Crippen LogP contribution in [0.4, 0.5) is 5.69 Å². The third-order valence-corrected chi connectivity index (χ3v) is 9.94. The maximum atomic E-state index is 13.7. The summed E-state index contributed by atoms with van der Waals surface area (Å²) >= 11 is 0. The van der Waals surface area contributed by atoms with Gasteiger partial charge >= 0.3 is 0 Å². The van der Waals surface area contributed by atoms with E-state index in [9.17, 15) is 4.79 Å². The number of nitrogens with one attached hydrogen (secondary N) is 1. The average molecular weight is 810 g/mol. The van der Waals surface area contributed by atoms with Crippen LogP contribution in [0.1, 0.15) is 32.6 Å². The number of hydrogen-bond donors (Lipinski definition) is 1. The Bertz CT molecular complexity index is 2090. The van der Waals surface area contributed by atoms with E-state index >= 15 is 0 Å². The van der Waals surface area contributed by atoms with Crippen molar-refractivity contribution < 1.29 is 42.7 Å². The van der Waals surface area contributed by atoms with Gasteiger partial charge in [-0.05, 0) is 64.7 Å². The van der Waals surface area contributed by atoms with Crippen molar-refractivity contribution in [2.45, 2.75) is 5.41 Å². The zero-order valence-corrected chi connectivity index (χ0v) is 33.7. The molecule has 6 aromatic carbocycles. The summed E-state index contributed by atoms with van der Waals surface area (Å²) in [5.41, 5.74) is 4.98. The first-order chi connectivity index (χ1) is 29.7. The summed E-state index contributed by atoms with van der Waals surface area (Å²) in [5, 5.41) is 3.08. The van der Waals surface area contributed by atoms with E-state index < -0.39 is 5.41 Å². The van der Waals surface area contributed by atoms with Crippen LogP contribution in [0.2, 0.25) is 0 Å². The highest BCUT2D eigenvalue weighted by Gasteiger charge is 2.38. The molecule has 1 aliphatic heterocycles. The van der Waals surface area contributed by atoms with Crippen LogP contribution in [0.5, 0.6) is 23.0 Å². The molecule has 60 heavy (non-hydrogen) atoms. The van der Waals surface area contributed by atoms with Gasteiger partial charge in [-0.25, -0.2) is 0 Å². The normalized spacial score (nSPS) is 15.2. The zero-order valence-electron chi connectivity index (χ0n) is 33.7. The van der Waals surface area contributed by atoms with Crippen molar-refractivity contribution in [2.75, 3.05) is 84.6 Å². The Morgan fingerprint density at radius 1 is 0.367 bits per heavy atom. The van der Waals surface area contributed by atoms with Crippen LogP contribution in [0, 0.1) is 0 Å². The van der Waals surface area contributed by atoms with Crippen molar-refractivity contribution in [3.05, 3.63) is 186 Å². The van der Waals surface area contributed by atoms with Crippen LogP contribution in [-0.4, -0.2) is 85.2 Å². The van der Waals surface area contributed by atoms with Crippen LogP contribution < -0.4 is 24.3 Å². The second-order valence-electron chi connectivity index (χ2n) is 13.8. The van der Waals surface area contributed by atoms with Gasteiger partial charge in [-0.15, -0.1) is 0 Å². The Kier molecular flexibility index (Phi) is 15.6. The zero-order chi connectivity index (χ0) is 41.1. The smallest absolute Gasteiger partial charge is 0.255 e. The summed E-state index contributed by atoms with van der Waals surface area (Å²) in [7, 11) is 0. The van der Waals surface area contributed by atoms with Crippen LogP contribution in [-0.2, 0) is 24.4 Å². The summed E-state index contributed by atoms with van der Waals surface area (Å²) < 4.78 is 46.7. The minimum absolute atomic E-state index is 0.239. The van der Waals surface area contributed by atoms with E-state index in [2.05, 4.69) is 90.2 Å². The molecule has 0 saturated carbocycles. The molecular weight excluding hydrogens is 759 g/mol. The molecule has 6 aromatic rings. The lowest BCUT2D eigenvalue weighted by Gasteiger charge is -2.37. The van der Waals surface area contributed by atoms with Gasteiger partial charge in [-0.1, -0.05) is 115 Å². The number of amides is 1. The molecule has 0 unspecified atom stereocenters. The lowest BCUT2D eigenvalue weighted by molar-refractivity contribution is 0.0223. The fraction of sp³-hybridized carbons (Fsp3) is 0.260. The van der Waals surface area contributed by atoms with Crippen molar-refractivity contribution in [2.24, 2.45) is 0 Å². The number of carbonyl (C=O) groups is 1. The Balaban J connectivity index is 1.02. The summed E-state index contributed by atoms with van der Waals surface area (Å²) in [6.07, 6.45) is 0. The van der Waals surface area contributed by atoms with E-state index in [1.807, 2.05) is 54.6 Å². The Morgan fingerprint density at radius 3 is 1.15 bits per heavy atom. The summed E-state index contributed by atoms with van der Waals surface area (Å²) in [4.78, 5) is 13.7. The molecule has 1 amide bonds. The van der Waals surface area contributed by atoms with E-state index in [1.54, 1.807) is 18.2 Å². The molecule has 10 heteroatoms. The molecule has 0 radical (unpaired) electrons. The standard InChI is InChI=1S/C50H51NO9/c52-49(51-44-23-21-43(22-24-44)50(40-12-4-1-5-13-40,41-14-6-2-7-15-41)42-16-8-3-9-17-42)39-20-25-47-48(38-39)60-37-33-56-29-28-54-31-35-58-46-19-11-10-18-45(46)57-34-30-53-26-27-55-32-36-59-47/h1-25,38H,26-37H2,(H,51,52). The van der Waals surface area contributed by atoms with E-state index in [-0.39, 0.29) is 19.1 Å². The van der Waals surface area contributed by atoms with Gasteiger partial charge in [-0.2, -0.15) is 0 Å². The van der Waals surface area contributed by atoms with Gasteiger partial charge in [0.2, 0.25) is 0 Å². The van der Waals surface area contributed by atoms with Crippen molar-refractivity contribution in [3.63, 3.8) is 0 Å². The topological polar surface area (TPSA) is 103 Å². The number of hydrogen-bond acceptors (Lipinski definition) is 9. The minimum Gasteiger partial charge on any atom is -0.487 e. The van der Waals surface area contributed by atoms with Crippen LogP contribution in [0.25, 0.3) is 0 Å². The van der Waals surface area contributed by atoms with E-state index in [0.717, 1.165) is 22.3 Å². The molecule has 1 heterocycles. The number of anilines is 1. The lowest BCUT2D eigenvalue weighted by Crippen LogP contribution is -2.31. The van der Waals surface area contributed by atoms with E-state index in [0.29, 0.717) is 100 Å². The molecule has 0 aliphatic carbocycles. The average Bonchev–Trinajstić information content (AvgIpc) is 3.30. The van der Waals surface area contributed by atoms with Crippen molar-refractivity contribution in [3.8, 4) is 23.0 Å². The third kappa shape index (κ3) is 11.1. The Labute approximate surface area is 351 Å². The fourth-order valence-electron chi connectivity index (χ4n) is 7.13. The lowest BCUT2D eigenvalue weighted by atomic mass is 9.65. The third-order valence-electron chi connectivity index (χ3n) is 9.94. The Hall–Kier alpha value is -6.17. The molecule has 7 rings (SSSR count). The molecular formula is C50H51NO9. The van der Waals surface area contributed by atoms with Crippen LogP contribution >= 0.6 is 0 Å². The van der Waals surface area contributed by atoms with Crippen LogP contribution in [0.15, 0.2) is 158 Å². The van der Waals surface area contributed by atoms with Crippen molar-refractivity contribution >= 4 is 11.6 Å². The molecule has 10 nitrogen and oxygen atoms in total. The highest BCUT2D eigenvalue weighted by molar-refractivity contribution is 6.04. The van der Waals surface area contributed by atoms with Gasteiger partial charge < -0.3 is 43.2 Å². The quantitative estimate of drug-likeness (QED) is 0.166. The van der Waals surface area contributed by atoms with Gasteiger partial charge in [-0.3, -0.25) is 4.79 Å². The van der Waals surface area contributed by atoms with Gasteiger partial charge in [0.1, 0.15) is 26.4 Å². The molecule has 0 atom stereocenters. The molecule has 0 saturated heterocycles. The summed E-state index contributed by atoms with van der Waals surface area (Å²) in [6, 6.07) is 52.3. The molecule has 0 spiro atoms. The predicted octanol–water partition coefficient (Wildman–Crippen LogP) is 8.62. The first kappa shape index (κ1) is 42.0. The number of rotatable bonds is 6. The predicted molar refractivity (Wildman–Crippen MR) is 231 cm³/mol. The molecule has 0 bridgehead atoms. The first-order valence-electron chi connectivity index (χ1n) is 20.4. The largest absolute Gasteiger partial charge is 0.487 e. The van der Waals surface area contributed by atoms with Gasteiger partial charge in [0.15, 0.2) is 23.0 Å². The van der Waals surface area contributed by atoms with Crippen LogP contribution in [0.3, 0.4) is 0 Å². The SMILES string of the molecule is O=C(Nc1ccc(C(c2ccccc2)(c2ccccc2)c2ccccc2)cc1)c1ccc2c(c1)OCCOCCOCCOc1ccccc1OCCOCCOCCO2. The Morgan fingerprint density at radius 2 is 0.717 bits per heavy atom. The number of benzene rings is 6. The first-order valence-corrected chi connectivity index (χ1v) is 20.4. The number of carbonyl (C=O) groups excluding carboxylic acids is 1. The van der Waals surface area contributed by atoms with E-state index in [1.165, 1.54) is 0 Å². The number of para-hydroxylation sites is 2. The maximum absolute atomic E-state index is 13.7. The maximum Gasteiger partial charge on any atom is 0.255 e. The van der Waals surface area contributed by atoms with Gasteiger partial charge in [0.25, 0.3) is 5.91 Å². The molecule has 1 N–H and O–H groups in total. The van der Waals surface area contributed by atoms with Gasteiger partial charge in [0, 0.05) is 11.3 Å². The number of ether oxygens (including phenoxy) is 8. The summed E-state index contributed by atoms with van der Waals surface area (Å²) in [6.45, 7) is 4.30. The second kappa shape index (κ2) is 22.3. The van der Waals surface area contributed by atoms with Gasteiger partial charge in [0.05, 0.1) is 58.3 Å². The fourth-order valence-corrected chi connectivity index (χ4v) is 7.13. The monoisotopic (exact) mass is 809 g/mol. The van der Waals surface area contributed by atoms with Crippen molar-refractivity contribution in [1.29, 1.82) is 0 Å². The highest BCUT2D eigenvalue weighted by atomic mass is 16.6. The van der Waals surface area contributed by atoms with E-state index in [4.69, 9.17) is 37.9 Å². The molecule has 310 valence electrons. The molecule has 0 aromatic heterocycles. The molecule has 1 aliphatic rings. The highest BCUT2D eigenvalue weighted by Crippen LogP contribution is 2.45. The van der Waals surface area contributed by atoms with Crippen molar-refractivity contribution in [1.82, 2.24) is 0 Å².